The molecule has 1 fully saturated rings. The van der Waals surface area contributed by atoms with Crippen molar-refractivity contribution in [1.29, 1.82) is 0 Å². The number of likely N-dealkylation sites (N-methyl/N-ethyl adjacent to an activating group) is 1. The highest BCUT2D eigenvalue weighted by atomic mass is 32.3. The number of hydrogen-bond donors (Lipinski definition) is 5. The summed E-state index contributed by atoms with van der Waals surface area (Å²) in [5.74, 6) is 0.00735. The number of rotatable bonds is 9. The molecule has 0 spiro atoms. The molecule has 40 heavy (non-hydrogen) atoms. The summed E-state index contributed by atoms with van der Waals surface area (Å²) in [5.41, 5.74) is 3.24. The summed E-state index contributed by atoms with van der Waals surface area (Å²) >= 11 is 0. The fourth-order valence-corrected chi connectivity index (χ4v) is 4.72. The molecule has 12 heteroatoms. The molecule has 1 aliphatic heterocycles. The molecule has 2 heterocycles. The van der Waals surface area contributed by atoms with Gasteiger partial charge in [-0.1, -0.05) is 6.07 Å². The molecule has 1 saturated heterocycles. The topological polar surface area (TPSA) is 135 Å². The third-order valence-electron chi connectivity index (χ3n) is 6.52. The van der Waals surface area contributed by atoms with Gasteiger partial charge in [-0.3, -0.25) is 13.8 Å². The maximum atomic E-state index is 12.7. The highest BCUT2D eigenvalue weighted by Crippen LogP contribution is 2.51. The third kappa shape index (κ3) is 7.33. The molecular weight excluding hydrogens is 530 g/mol. The summed E-state index contributed by atoms with van der Waals surface area (Å²) in [6, 6.07) is 15.1. The number of carbonyl (C=O) groups is 1. The Morgan fingerprint density at radius 1 is 1.00 bits per heavy atom. The van der Waals surface area contributed by atoms with E-state index in [0.29, 0.717) is 17.3 Å². The first-order valence-electron chi connectivity index (χ1n) is 13.2. The first-order chi connectivity index (χ1) is 18.9. The molecule has 4 rings (SSSR count). The average molecular weight is 570 g/mol. The van der Waals surface area contributed by atoms with Gasteiger partial charge in [-0.2, -0.15) is 4.98 Å². The van der Waals surface area contributed by atoms with E-state index in [1.54, 1.807) is 52.0 Å². The summed E-state index contributed by atoms with van der Waals surface area (Å²) in [7, 11) is -0.980. The van der Waals surface area contributed by atoms with Crippen molar-refractivity contribution in [3.8, 4) is 0 Å². The van der Waals surface area contributed by atoms with Crippen molar-refractivity contribution in [3.63, 3.8) is 0 Å². The van der Waals surface area contributed by atoms with Crippen LogP contribution >= 0.6 is 10.8 Å². The lowest BCUT2D eigenvalue weighted by molar-refractivity contribution is 0.0526. The van der Waals surface area contributed by atoms with Crippen LogP contribution in [0.2, 0.25) is 0 Å². The fraction of sp³-hybridized carbons (Fsp3) is 0.393. The van der Waals surface area contributed by atoms with E-state index < -0.39 is 21.5 Å². The monoisotopic (exact) mass is 569 g/mol. The first-order valence-corrected chi connectivity index (χ1v) is 14.8. The molecule has 216 valence electrons. The smallest absolute Gasteiger partial charge is 0.343 e. The lowest BCUT2D eigenvalue weighted by Gasteiger charge is -2.44. The van der Waals surface area contributed by atoms with E-state index in [1.165, 1.54) is 6.20 Å². The van der Waals surface area contributed by atoms with Gasteiger partial charge in [-0.05, 0) is 77.2 Å². The summed E-state index contributed by atoms with van der Waals surface area (Å²) in [5, 5.41) is 6.37. The summed E-state index contributed by atoms with van der Waals surface area (Å²) in [4.78, 5) is 26.2. The minimum atomic E-state index is -3.12. The molecule has 2 aromatic carbocycles. The standard InChI is InChI=1S/C28H39N7O4S/c1-6-39-26(36)24-19-29-27(31-20-10-12-23(13-11-20)35-16-14-34(5)15-17-35)32-25(24)30-21-8-7-9-22(18-21)33-40(37,38)28(2,3)4/h7-13,18-19,33,37-38H,6,14-17H2,1-5H3,(H2,29,30,31,32). The first kappa shape index (κ1) is 29.4. The van der Waals surface area contributed by atoms with Crippen LogP contribution in [-0.4, -0.2) is 74.5 Å². The Morgan fingerprint density at radius 2 is 1.68 bits per heavy atom. The van der Waals surface area contributed by atoms with Gasteiger partial charge in [0.15, 0.2) is 5.82 Å². The Balaban J connectivity index is 1.54. The number of benzene rings is 2. The van der Waals surface area contributed by atoms with Crippen molar-refractivity contribution in [3.05, 3.63) is 60.3 Å². The molecule has 1 aromatic heterocycles. The minimum absolute atomic E-state index is 0.176. The van der Waals surface area contributed by atoms with E-state index in [-0.39, 0.29) is 18.0 Å². The summed E-state index contributed by atoms with van der Waals surface area (Å²) in [6.07, 6.45) is 1.42. The van der Waals surface area contributed by atoms with E-state index in [0.717, 1.165) is 37.6 Å². The second kappa shape index (κ2) is 12.3. The number of esters is 1. The molecule has 0 aliphatic carbocycles. The highest BCUT2D eigenvalue weighted by Gasteiger charge is 2.29. The normalized spacial score (nSPS) is 14.9. The Morgan fingerprint density at radius 3 is 2.33 bits per heavy atom. The Hall–Kier alpha value is -3.58. The molecule has 0 radical (unpaired) electrons. The molecule has 0 saturated carbocycles. The maximum Gasteiger partial charge on any atom is 0.343 e. The van der Waals surface area contributed by atoms with E-state index >= 15 is 0 Å². The number of nitrogens with one attached hydrogen (secondary N) is 3. The number of ether oxygens (including phenoxy) is 1. The van der Waals surface area contributed by atoms with Crippen molar-refractivity contribution in [2.75, 3.05) is 60.1 Å². The molecule has 11 nitrogen and oxygen atoms in total. The average Bonchev–Trinajstić information content (AvgIpc) is 2.89. The van der Waals surface area contributed by atoms with E-state index in [2.05, 4.69) is 54.3 Å². The Labute approximate surface area is 237 Å². The van der Waals surface area contributed by atoms with Crippen LogP contribution in [0, 0.1) is 0 Å². The fourth-order valence-electron chi connectivity index (χ4n) is 3.96. The van der Waals surface area contributed by atoms with Gasteiger partial charge >= 0.3 is 5.97 Å². The minimum Gasteiger partial charge on any atom is -0.462 e. The highest BCUT2D eigenvalue weighted by molar-refractivity contribution is 8.26. The molecule has 5 N–H and O–H groups in total. The van der Waals surface area contributed by atoms with Crippen LogP contribution in [0.4, 0.5) is 34.5 Å². The predicted octanol–water partition coefficient (Wildman–Crippen LogP) is 5.77. The van der Waals surface area contributed by atoms with Gasteiger partial charge in [0.2, 0.25) is 5.95 Å². The van der Waals surface area contributed by atoms with Gasteiger partial charge in [0.1, 0.15) is 5.56 Å². The Bertz CT molecular complexity index is 1310. The number of aromatic nitrogens is 2. The predicted molar refractivity (Wildman–Crippen MR) is 163 cm³/mol. The van der Waals surface area contributed by atoms with Crippen LogP contribution in [0.3, 0.4) is 0 Å². The van der Waals surface area contributed by atoms with Crippen molar-refractivity contribution in [2.24, 2.45) is 0 Å². The van der Waals surface area contributed by atoms with Crippen molar-refractivity contribution in [2.45, 2.75) is 32.4 Å². The van der Waals surface area contributed by atoms with Gasteiger partial charge in [-0.15, -0.1) is 10.8 Å². The number of carbonyl (C=O) groups excluding carboxylic acids is 1. The molecule has 1 aliphatic rings. The van der Waals surface area contributed by atoms with Gasteiger partial charge < -0.3 is 25.2 Å². The number of nitrogens with zero attached hydrogens (tertiary/aromatic N) is 4. The molecular formula is C28H39N7O4S. The van der Waals surface area contributed by atoms with E-state index in [9.17, 15) is 13.9 Å². The number of piperazine rings is 1. The molecule has 0 bridgehead atoms. The second-order valence-electron chi connectivity index (χ2n) is 10.6. The van der Waals surface area contributed by atoms with Crippen molar-refractivity contribution in [1.82, 2.24) is 14.9 Å². The van der Waals surface area contributed by atoms with Gasteiger partial charge in [-0.25, -0.2) is 9.78 Å². The van der Waals surface area contributed by atoms with Crippen LogP contribution < -0.4 is 20.3 Å². The lowest BCUT2D eigenvalue weighted by Crippen LogP contribution is -2.44. The number of anilines is 6. The van der Waals surface area contributed by atoms with Gasteiger partial charge in [0, 0.05) is 49.4 Å². The van der Waals surface area contributed by atoms with Crippen LogP contribution in [0.25, 0.3) is 0 Å². The molecule has 3 aromatic rings. The molecule has 0 unspecified atom stereocenters. The van der Waals surface area contributed by atoms with Crippen molar-refractivity contribution < 1.29 is 18.6 Å². The van der Waals surface area contributed by atoms with E-state index in [4.69, 9.17) is 4.74 Å². The van der Waals surface area contributed by atoms with Crippen LogP contribution in [0.5, 0.6) is 0 Å². The maximum absolute atomic E-state index is 12.7. The molecule has 0 amide bonds. The summed E-state index contributed by atoms with van der Waals surface area (Å²) in [6.45, 7) is 11.2. The van der Waals surface area contributed by atoms with Crippen LogP contribution in [0.1, 0.15) is 38.1 Å². The lowest BCUT2D eigenvalue weighted by atomic mass is 10.2. The third-order valence-corrected chi connectivity index (χ3v) is 8.74. The zero-order valence-corrected chi connectivity index (χ0v) is 24.5. The van der Waals surface area contributed by atoms with Gasteiger partial charge in [0.25, 0.3) is 0 Å². The molecule has 0 atom stereocenters. The van der Waals surface area contributed by atoms with Gasteiger partial charge in [0.05, 0.1) is 17.0 Å². The largest absolute Gasteiger partial charge is 0.462 e. The summed E-state index contributed by atoms with van der Waals surface area (Å²) < 4.78 is 28.4. The van der Waals surface area contributed by atoms with Crippen LogP contribution in [0.15, 0.2) is 54.7 Å². The zero-order chi connectivity index (χ0) is 28.9. The SMILES string of the molecule is CCOC(=O)c1cnc(Nc2ccc(N3CCN(C)CC3)cc2)nc1Nc1cccc(NS(O)(O)C(C)(C)C)c1. The van der Waals surface area contributed by atoms with E-state index in [1.807, 2.05) is 12.1 Å². The number of hydrogen-bond acceptors (Lipinski definition) is 11. The Kier molecular flexibility index (Phi) is 9.04. The second-order valence-corrected chi connectivity index (χ2v) is 13.1. The van der Waals surface area contributed by atoms with Crippen LogP contribution in [-0.2, 0) is 4.74 Å². The van der Waals surface area contributed by atoms with Crippen molar-refractivity contribution >= 4 is 51.3 Å². The quantitative estimate of drug-likeness (QED) is 0.201. The zero-order valence-electron chi connectivity index (χ0n) is 23.6.